The maximum Gasteiger partial charge on any atom is 0.0431 e. The number of aryl methyl sites for hydroxylation is 1. The normalized spacial score (nSPS) is 10.4. The number of aliphatic hydroxyl groups is 1. The molecular weight excluding hydrogens is 192 g/mol. The van der Waals surface area contributed by atoms with Crippen molar-refractivity contribution >= 4 is 11.8 Å². The first-order chi connectivity index (χ1) is 6.86. The lowest BCUT2D eigenvalue weighted by molar-refractivity contribution is 0.284. The second-order valence-electron chi connectivity index (χ2n) is 3.26. The Bertz CT molecular complexity index is 243. The van der Waals surface area contributed by atoms with Crippen LogP contribution in [-0.2, 0) is 6.42 Å². The van der Waals surface area contributed by atoms with Gasteiger partial charge in [-0.15, -0.1) is 11.8 Å². The molecule has 1 N–H and O–H groups in total. The largest absolute Gasteiger partial charge is 0.396 e. The SMILES string of the molecule is CCSc1ccc(CCCCO)cc1. The minimum Gasteiger partial charge on any atom is -0.396 e. The number of thioether (sulfide) groups is 1. The number of rotatable bonds is 6. The molecule has 0 spiro atoms. The van der Waals surface area contributed by atoms with Crippen molar-refractivity contribution in [3.05, 3.63) is 29.8 Å². The van der Waals surface area contributed by atoms with Gasteiger partial charge in [-0.05, 0) is 42.7 Å². The van der Waals surface area contributed by atoms with Gasteiger partial charge in [-0.2, -0.15) is 0 Å². The zero-order valence-corrected chi connectivity index (χ0v) is 9.52. The number of unbranched alkanes of at least 4 members (excludes halogenated alkanes) is 1. The fourth-order valence-electron chi connectivity index (χ4n) is 1.36. The summed E-state index contributed by atoms with van der Waals surface area (Å²) in [5.74, 6) is 1.13. The first-order valence-corrected chi connectivity index (χ1v) is 6.18. The molecule has 14 heavy (non-hydrogen) atoms. The molecule has 0 fully saturated rings. The molecule has 0 bridgehead atoms. The molecule has 0 aromatic heterocycles. The molecule has 0 unspecified atom stereocenters. The van der Waals surface area contributed by atoms with Crippen molar-refractivity contribution in [2.75, 3.05) is 12.4 Å². The first kappa shape index (κ1) is 11.6. The lowest BCUT2D eigenvalue weighted by Crippen LogP contribution is -1.88. The molecule has 78 valence electrons. The maximum absolute atomic E-state index is 8.66. The predicted octanol–water partition coefficient (Wildman–Crippen LogP) is 3.11. The highest BCUT2D eigenvalue weighted by molar-refractivity contribution is 7.99. The fraction of sp³-hybridized carbons (Fsp3) is 0.500. The molecule has 0 aliphatic rings. The van der Waals surface area contributed by atoms with Crippen LogP contribution in [0.4, 0.5) is 0 Å². The Balaban J connectivity index is 2.38. The third-order valence-electron chi connectivity index (χ3n) is 2.11. The van der Waals surface area contributed by atoms with E-state index in [1.54, 1.807) is 0 Å². The van der Waals surface area contributed by atoms with Crippen LogP contribution in [0.25, 0.3) is 0 Å². The van der Waals surface area contributed by atoms with Gasteiger partial charge in [0.25, 0.3) is 0 Å². The van der Waals surface area contributed by atoms with Crippen LogP contribution in [0.3, 0.4) is 0 Å². The van der Waals surface area contributed by atoms with Crippen LogP contribution in [0.15, 0.2) is 29.2 Å². The van der Waals surface area contributed by atoms with Crippen molar-refractivity contribution in [3.63, 3.8) is 0 Å². The minimum atomic E-state index is 0.309. The van der Waals surface area contributed by atoms with E-state index < -0.39 is 0 Å². The Labute approximate surface area is 90.5 Å². The second kappa shape index (κ2) is 6.91. The van der Waals surface area contributed by atoms with E-state index in [2.05, 4.69) is 31.2 Å². The Hall–Kier alpha value is -0.470. The second-order valence-corrected chi connectivity index (χ2v) is 4.60. The summed E-state index contributed by atoms with van der Waals surface area (Å²) >= 11 is 1.87. The first-order valence-electron chi connectivity index (χ1n) is 5.19. The van der Waals surface area contributed by atoms with Gasteiger partial charge in [0, 0.05) is 11.5 Å². The zero-order valence-electron chi connectivity index (χ0n) is 8.70. The Morgan fingerprint density at radius 1 is 1.14 bits per heavy atom. The molecule has 2 heteroatoms. The van der Waals surface area contributed by atoms with Gasteiger partial charge in [-0.25, -0.2) is 0 Å². The van der Waals surface area contributed by atoms with E-state index in [9.17, 15) is 0 Å². The van der Waals surface area contributed by atoms with Crippen molar-refractivity contribution < 1.29 is 5.11 Å². The van der Waals surface area contributed by atoms with Gasteiger partial charge in [-0.1, -0.05) is 19.1 Å². The summed E-state index contributed by atoms with van der Waals surface area (Å²) in [6, 6.07) is 8.75. The van der Waals surface area contributed by atoms with Crippen LogP contribution < -0.4 is 0 Å². The van der Waals surface area contributed by atoms with E-state index >= 15 is 0 Å². The van der Waals surface area contributed by atoms with Crippen LogP contribution >= 0.6 is 11.8 Å². The molecule has 0 atom stereocenters. The molecule has 0 heterocycles. The smallest absolute Gasteiger partial charge is 0.0431 e. The molecule has 1 nitrogen and oxygen atoms in total. The van der Waals surface area contributed by atoms with Crippen molar-refractivity contribution in [2.24, 2.45) is 0 Å². The van der Waals surface area contributed by atoms with E-state index in [0.29, 0.717) is 6.61 Å². The highest BCUT2D eigenvalue weighted by Gasteiger charge is 1.94. The van der Waals surface area contributed by atoms with Crippen LogP contribution in [0.5, 0.6) is 0 Å². The van der Waals surface area contributed by atoms with E-state index in [1.165, 1.54) is 10.5 Å². The van der Waals surface area contributed by atoms with Crippen molar-refractivity contribution in [3.8, 4) is 0 Å². The average molecular weight is 210 g/mol. The van der Waals surface area contributed by atoms with E-state index in [1.807, 2.05) is 11.8 Å². The summed E-state index contributed by atoms with van der Waals surface area (Å²) in [5, 5.41) is 8.66. The number of hydrogen-bond acceptors (Lipinski definition) is 2. The monoisotopic (exact) mass is 210 g/mol. The van der Waals surface area contributed by atoms with Crippen LogP contribution in [0, 0.1) is 0 Å². The lowest BCUT2D eigenvalue weighted by Gasteiger charge is -2.02. The molecule has 0 saturated carbocycles. The van der Waals surface area contributed by atoms with Crippen LogP contribution in [0.2, 0.25) is 0 Å². The van der Waals surface area contributed by atoms with Crippen molar-refractivity contribution in [1.29, 1.82) is 0 Å². The van der Waals surface area contributed by atoms with Crippen molar-refractivity contribution in [1.82, 2.24) is 0 Å². The molecular formula is C12H18OS. The van der Waals surface area contributed by atoms with Gasteiger partial charge in [0.05, 0.1) is 0 Å². The summed E-state index contributed by atoms with van der Waals surface area (Å²) in [5.41, 5.74) is 1.37. The third kappa shape index (κ3) is 4.16. The highest BCUT2D eigenvalue weighted by Crippen LogP contribution is 2.18. The van der Waals surface area contributed by atoms with E-state index in [4.69, 9.17) is 5.11 Å². The summed E-state index contributed by atoms with van der Waals surface area (Å²) in [4.78, 5) is 1.35. The van der Waals surface area contributed by atoms with Gasteiger partial charge >= 0.3 is 0 Å². The number of hydrogen-bond donors (Lipinski definition) is 1. The quantitative estimate of drug-likeness (QED) is 0.575. The summed E-state index contributed by atoms with van der Waals surface area (Å²) in [6.45, 7) is 2.48. The Kier molecular flexibility index (Phi) is 5.72. The Morgan fingerprint density at radius 2 is 1.86 bits per heavy atom. The molecule has 1 aromatic rings. The molecule has 0 saturated heterocycles. The summed E-state index contributed by atoms with van der Waals surface area (Å²) in [7, 11) is 0. The summed E-state index contributed by atoms with van der Waals surface area (Å²) in [6.07, 6.45) is 3.07. The maximum atomic E-state index is 8.66. The van der Waals surface area contributed by atoms with Gasteiger partial charge in [-0.3, -0.25) is 0 Å². The number of benzene rings is 1. The van der Waals surface area contributed by atoms with Gasteiger partial charge in [0.2, 0.25) is 0 Å². The van der Waals surface area contributed by atoms with Crippen molar-refractivity contribution in [2.45, 2.75) is 31.1 Å². The van der Waals surface area contributed by atoms with Gasteiger partial charge < -0.3 is 5.11 Å². The standard InChI is InChI=1S/C12H18OS/c1-2-14-12-8-6-11(7-9-12)5-3-4-10-13/h6-9,13H,2-5,10H2,1H3. The zero-order chi connectivity index (χ0) is 10.2. The molecule has 1 aromatic carbocycles. The molecule has 0 aliphatic heterocycles. The molecule has 0 amide bonds. The Morgan fingerprint density at radius 3 is 2.43 bits per heavy atom. The number of aliphatic hydroxyl groups excluding tert-OH is 1. The summed E-state index contributed by atoms with van der Waals surface area (Å²) < 4.78 is 0. The van der Waals surface area contributed by atoms with E-state index in [0.717, 1.165) is 25.0 Å². The minimum absolute atomic E-state index is 0.309. The average Bonchev–Trinajstić information content (AvgIpc) is 2.21. The highest BCUT2D eigenvalue weighted by atomic mass is 32.2. The predicted molar refractivity (Wildman–Crippen MR) is 62.9 cm³/mol. The molecule has 0 aliphatic carbocycles. The van der Waals surface area contributed by atoms with Crippen LogP contribution in [-0.4, -0.2) is 17.5 Å². The van der Waals surface area contributed by atoms with Gasteiger partial charge in [0.15, 0.2) is 0 Å². The molecule has 1 rings (SSSR count). The van der Waals surface area contributed by atoms with Gasteiger partial charge in [0.1, 0.15) is 0 Å². The third-order valence-corrected chi connectivity index (χ3v) is 3.00. The fourth-order valence-corrected chi connectivity index (χ4v) is 2.02. The van der Waals surface area contributed by atoms with Crippen LogP contribution in [0.1, 0.15) is 25.3 Å². The topological polar surface area (TPSA) is 20.2 Å². The molecule has 0 radical (unpaired) electrons. The van der Waals surface area contributed by atoms with E-state index in [-0.39, 0.29) is 0 Å². The lowest BCUT2D eigenvalue weighted by atomic mass is 10.1.